The minimum Gasteiger partial charge on any atom is -0.493 e. The predicted octanol–water partition coefficient (Wildman–Crippen LogP) is 2.64. The number of ether oxygens (including phenoxy) is 4. The Morgan fingerprint density at radius 3 is 2.40 bits per heavy atom. The smallest absolute Gasteiger partial charge is 0.342 e. The van der Waals surface area contributed by atoms with Gasteiger partial charge in [0.15, 0.2) is 11.5 Å². The highest BCUT2D eigenvalue weighted by molar-refractivity contribution is 6.07. The molecule has 6 heteroatoms. The molecule has 0 unspecified atom stereocenters. The van der Waals surface area contributed by atoms with Crippen LogP contribution in [0.2, 0.25) is 0 Å². The molecule has 0 fully saturated rings. The zero-order valence-corrected chi connectivity index (χ0v) is 11.8. The molecule has 2 rings (SSSR count). The van der Waals surface area contributed by atoms with Crippen LogP contribution >= 0.6 is 0 Å². The minimum absolute atomic E-state index is 0.279. The van der Waals surface area contributed by atoms with Crippen LogP contribution in [0.5, 0.6) is 17.2 Å². The highest BCUT2D eigenvalue weighted by Gasteiger charge is 2.24. The summed E-state index contributed by atoms with van der Waals surface area (Å²) in [7, 11) is 4.49. The monoisotopic (exact) mass is 280 g/mol. The molecule has 2 aromatic rings. The van der Waals surface area contributed by atoms with Gasteiger partial charge in [-0.1, -0.05) is 0 Å². The van der Waals surface area contributed by atoms with Crippen molar-refractivity contribution in [3.63, 3.8) is 0 Å². The van der Waals surface area contributed by atoms with Crippen LogP contribution < -0.4 is 14.2 Å². The molecule has 0 radical (unpaired) electrons. The van der Waals surface area contributed by atoms with E-state index in [-0.39, 0.29) is 6.61 Å². The van der Waals surface area contributed by atoms with Crippen molar-refractivity contribution in [2.45, 2.75) is 6.92 Å². The molecule has 0 saturated heterocycles. The number of benzene rings is 1. The Morgan fingerprint density at radius 2 is 1.85 bits per heavy atom. The maximum atomic E-state index is 11.9. The average molecular weight is 280 g/mol. The van der Waals surface area contributed by atoms with Crippen LogP contribution in [-0.2, 0) is 4.74 Å². The molecule has 20 heavy (non-hydrogen) atoms. The number of fused-ring (bicyclic) bond motifs is 1. The second-order valence-corrected chi connectivity index (χ2v) is 3.89. The lowest BCUT2D eigenvalue weighted by Crippen LogP contribution is -2.04. The first kappa shape index (κ1) is 14.0. The highest BCUT2D eigenvalue weighted by Crippen LogP contribution is 2.45. The number of furan rings is 1. The van der Waals surface area contributed by atoms with E-state index >= 15 is 0 Å². The molecule has 1 aromatic carbocycles. The lowest BCUT2D eigenvalue weighted by atomic mass is 10.1. The van der Waals surface area contributed by atoms with Crippen LogP contribution in [0.1, 0.15) is 17.3 Å². The molecule has 0 aliphatic heterocycles. The van der Waals surface area contributed by atoms with Crippen LogP contribution in [0.25, 0.3) is 11.0 Å². The van der Waals surface area contributed by atoms with Gasteiger partial charge in [0, 0.05) is 6.07 Å². The van der Waals surface area contributed by atoms with Gasteiger partial charge in [0.2, 0.25) is 5.75 Å². The third-order valence-electron chi connectivity index (χ3n) is 2.86. The van der Waals surface area contributed by atoms with Gasteiger partial charge in [-0.2, -0.15) is 0 Å². The van der Waals surface area contributed by atoms with Crippen molar-refractivity contribution < 1.29 is 28.2 Å². The molecule has 0 aliphatic rings. The van der Waals surface area contributed by atoms with E-state index in [1.807, 2.05) is 0 Å². The SMILES string of the molecule is CCOC(=O)c1coc2cc(OC)c(OC)c(OC)c12. The standard InChI is InChI=1S/C14H16O6/c1-5-19-14(15)8-7-20-9-6-10(16-2)12(17-3)13(18-4)11(8)9/h6-7H,5H2,1-4H3. The van der Waals surface area contributed by atoms with Crippen LogP contribution in [0.3, 0.4) is 0 Å². The lowest BCUT2D eigenvalue weighted by Gasteiger charge is -2.13. The fourth-order valence-corrected chi connectivity index (χ4v) is 2.02. The molecule has 0 N–H and O–H groups in total. The van der Waals surface area contributed by atoms with Crippen LogP contribution in [0.4, 0.5) is 0 Å². The fraction of sp³-hybridized carbons (Fsp3) is 0.357. The summed E-state index contributed by atoms with van der Waals surface area (Å²) in [5.74, 6) is 0.756. The van der Waals surface area contributed by atoms with Gasteiger partial charge in [0.1, 0.15) is 17.4 Å². The van der Waals surface area contributed by atoms with E-state index in [4.69, 9.17) is 23.4 Å². The van der Waals surface area contributed by atoms with E-state index in [0.717, 1.165) is 0 Å². The van der Waals surface area contributed by atoms with Crippen molar-refractivity contribution in [1.82, 2.24) is 0 Å². The summed E-state index contributed by atoms with van der Waals surface area (Å²) in [5.41, 5.74) is 0.752. The average Bonchev–Trinajstić information content (AvgIpc) is 2.88. The quantitative estimate of drug-likeness (QED) is 0.784. The molecular formula is C14H16O6. The molecule has 0 amide bonds. The maximum Gasteiger partial charge on any atom is 0.342 e. The van der Waals surface area contributed by atoms with Gasteiger partial charge in [-0.05, 0) is 6.92 Å². The van der Waals surface area contributed by atoms with E-state index in [9.17, 15) is 4.79 Å². The number of carbonyl (C=O) groups is 1. The van der Waals surface area contributed by atoms with E-state index in [1.54, 1.807) is 13.0 Å². The first-order chi connectivity index (χ1) is 9.67. The van der Waals surface area contributed by atoms with Gasteiger partial charge in [-0.25, -0.2) is 4.79 Å². The van der Waals surface area contributed by atoms with Crippen molar-refractivity contribution in [3.8, 4) is 17.2 Å². The molecule has 108 valence electrons. The molecule has 0 spiro atoms. The zero-order valence-electron chi connectivity index (χ0n) is 11.8. The number of esters is 1. The second kappa shape index (κ2) is 5.73. The van der Waals surface area contributed by atoms with Gasteiger partial charge in [0.25, 0.3) is 0 Å². The van der Waals surface area contributed by atoms with Crippen molar-refractivity contribution in [1.29, 1.82) is 0 Å². The Labute approximate surface area is 116 Å². The van der Waals surface area contributed by atoms with Crippen LogP contribution in [0, 0.1) is 0 Å². The number of methoxy groups -OCH3 is 3. The molecule has 1 aromatic heterocycles. The van der Waals surface area contributed by atoms with Crippen molar-refractivity contribution >= 4 is 16.9 Å². The summed E-state index contributed by atoms with van der Waals surface area (Å²) < 4.78 is 26.2. The van der Waals surface area contributed by atoms with Crippen molar-refractivity contribution in [2.24, 2.45) is 0 Å². The normalized spacial score (nSPS) is 10.4. The molecule has 6 nitrogen and oxygen atoms in total. The number of carbonyl (C=O) groups excluding carboxylic acids is 1. The second-order valence-electron chi connectivity index (χ2n) is 3.89. The van der Waals surface area contributed by atoms with E-state index < -0.39 is 5.97 Å². The van der Waals surface area contributed by atoms with Gasteiger partial charge >= 0.3 is 5.97 Å². The Hall–Kier alpha value is -2.37. The third-order valence-corrected chi connectivity index (χ3v) is 2.86. The summed E-state index contributed by atoms with van der Waals surface area (Å²) in [6.45, 7) is 2.02. The zero-order chi connectivity index (χ0) is 14.7. The largest absolute Gasteiger partial charge is 0.493 e. The molecule has 0 saturated carbocycles. The Morgan fingerprint density at radius 1 is 1.15 bits per heavy atom. The Bertz CT molecular complexity index is 628. The molecule has 1 heterocycles. The number of hydrogen-bond acceptors (Lipinski definition) is 6. The summed E-state index contributed by atoms with van der Waals surface area (Å²) in [4.78, 5) is 11.9. The topological polar surface area (TPSA) is 67.1 Å². The lowest BCUT2D eigenvalue weighted by molar-refractivity contribution is 0.0527. The van der Waals surface area contributed by atoms with Gasteiger partial charge in [-0.15, -0.1) is 0 Å². The third kappa shape index (κ3) is 2.13. The van der Waals surface area contributed by atoms with Gasteiger partial charge in [0.05, 0.1) is 33.3 Å². The Balaban J connectivity index is 2.73. The van der Waals surface area contributed by atoms with Gasteiger partial charge < -0.3 is 23.4 Å². The predicted molar refractivity (Wildman–Crippen MR) is 71.8 cm³/mol. The maximum absolute atomic E-state index is 11.9. The molecule has 0 atom stereocenters. The Kier molecular flexibility index (Phi) is 4.02. The summed E-state index contributed by atoms with van der Waals surface area (Å²) in [6.07, 6.45) is 1.34. The summed E-state index contributed by atoms with van der Waals surface area (Å²) in [6, 6.07) is 1.64. The number of rotatable bonds is 5. The van der Waals surface area contributed by atoms with Crippen molar-refractivity contribution in [3.05, 3.63) is 17.9 Å². The van der Waals surface area contributed by atoms with Crippen LogP contribution in [-0.4, -0.2) is 33.9 Å². The van der Waals surface area contributed by atoms with E-state index in [1.165, 1.54) is 27.6 Å². The van der Waals surface area contributed by atoms with Gasteiger partial charge in [-0.3, -0.25) is 0 Å². The highest BCUT2D eigenvalue weighted by atomic mass is 16.5. The number of hydrogen-bond donors (Lipinski definition) is 0. The van der Waals surface area contributed by atoms with E-state index in [2.05, 4.69) is 0 Å². The van der Waals surface area contributed by atoms with Crippen molar-refractivity contribution in [2.75, 3.05) is 27.9 Å². The molecule has 0 bridgehead atoms. The summed E-state index contributed by atoms with van der Waals surface area (Å²) in [5, 5.41) is 0.503. The van der Waals surface area contributed by atoms with E-state index in [0.29, 0.717) is 33.8 Å². The molecule has 0 aliphatic carbocycles. The fourth-order valence-electron chi connectivity index (χ4n) is 2.02. The summed E-state index contributed by atoms with van der Waals surface area (Å²) >= 11 is 0. The molecular weight excluding hydrogens is 264 g/mol. The first-order valence-corrected chi connectivity index (χ1v) is 6.05. The minimum atomic E-state index is -0.475. The van der Waals surface area contributed by atoms with Crippen LogP contribution in [0.15, 0.2) is 16.7 Å². The first-order valence-electron chi connectivity index (χ1n) is 6.05.